The van der Waals surface area contributed by atoms with E-state index in [2.05, 4.69) is 43.4 Å². The summed E-state index contributed by atoms with van der Waals surface area (Å²) in [6.45, 7) is 7.88. The van der Waals surface area contributed by atoms with Crippen LogP contribution in [0.2, 0.25) is 12.1 Å². The third-order valence-electron chi connectivity index (χ3n) is 2.04. The fourth-order valence-electron chi connectivity index (χ4n) is 1.43. The summed E-state index contributed by atoms with van der Waals surface area (Å²) in [4.78, 5) is 0. The van der Waals surface area contributed by atoms with Crippen LogP contribution in [0.25, 0.3) is 0 Å². The monoisotopic (exact) mass is 316 g/mol. The molecule has 0 atom stereocenters. The van der Waals surface area contributed by atoms with E-state index in [9.17, 15) is 0 Å². The first-order chi connectivity index (χ1) is 6.24. The summed E-state index contributed by atoms with van der Waals surface area (Å²) in [5, 5.41) is 0. The van der Waals surface area contributed by atoms with Gasteiger partial charge in [-0.05, 0) is 36.8 Å². The van der Waals surface area contributed by atoms with Crippen LogP contribution in [0.3, 0.4) is 0 Å². The van der Waals surface area contributed by atoms with Gasteiger partial charge in [-0.15, -0.1) is 0 Å². The molecule has 0 aromatic carbocycles. The molecule has 0 aromatic rings. The van der Waals surface area contributed by atoms with E-state index in [1.54, 1.807) is 0 Å². The second-order valence-electron chi connectivity index (χ2n) is 2.92. The fraction of sp³-hybridized carbons (Fsp3) is 1.00. The Labute approximate surface area is 96.8 Å². The summed E-state index contributed by atoms with van der Waals surface area (Å²) in [5.74, 6) is 0. The van der Waals surface area contributed by atoms with Crippen molar-refractivity contribution in [3.63, 3.8) is 0 Å². The van der Waals surface area contributed by atoms with Crippen molar-refractivity contribution < 1.29 is 8.85 Å². The molecule has 0 bridgehead atoms. The zero-order valence-electron chi connectivity index (χ0n) is 8.94. The van der Waals surface area contributed by atoms with Gasteiger partial charge in [0, 0.05) is 13.2 Å². The van der Waals surface area contributed by atoms with E-state index >= 15 is 0 Å². The molecule has 0 aliphatic carbocycles. The van der Waals surface area contributed by atoms with Gasteiger partial charge in [-0.2, -0.15) is 0 Å². The molecule has 0 radical (unpaired) electrons. The number of hydrogen-bond acceptors (Lipinski definition) is 2. The van der Waals surface area contributed by atoms with Crippen molar-refractivity contribution in [3.8, 4) is 0 Å². The van der Waals surface area contributed by atoms with E-state index in [1.807, 2.05) is 0 Å². The molecule has 4 heteroatoms. The van der Waals surface area contributed by atoms with Gasteiger partial charge in [-0.3, -0.25) is 0 Å². The van der Waals surface area contributed by atoms with Crippen molar-refractivity contribution in [1.82, 2.24) is 0 Å². The maximum absolute atomic E-state index is 5.83. The van der Waals surface area contributed by atoms with Crippen molar-refractivity contribution in [1.29, 1.82) is 0 Å². The lowest BCUT2D eigenvalue weighted by Crippen LogP contribution is -2.41. The van der Waals surface area contributed by atoms with Crippen LogP contribution >= 0.6 is 22.6 Å². The highest BCUT2D eigenvalue weighted by Gasteiger charge is 2.33. The van der Waals surface area contributed by atoms with Gasteiger partial charge in [-0.1, -0.05) is 29.5 Å². The van der Waals surface area contributed by atoms with Gasteiger partial charge in [0.15, 0.2) is 0 Å². The summed E-state index contributed by atoms with van der Waals surface area (Å²) < 4.78 is 12.9. The minimum Gasteiger partial charge on any atom is -0.394 e. The van der Waals surface area contributed by atoms with Crippen LogP contribution in [-0.4, -0.2) is 26.2 Å². The predicted octanol–water partition coefficient (Wildman–Crippen LogP) is 3.35. The first kappa shape index (κ1) is 13.9. The molecule has 2 nitrogen and oxygen atoms in total. The van der Waals surface area contributed by atoms with Crippen LogP contribution in [0.15, 0.2) is 0 Å². The third-order valence-corrected chi connectivity index (χ3v) is 6.63. The molecule has 80 valence electrons. The summed E-state index contributed by atoms with van der Waals surface area (Å²) in [5.41, 5.74) is 0. The molecule has 0 aliphatic rings. The smallest absolute Gasteiger partial charge is 0.337 e. The van der Waals surface area contributed by atoms with Gasteiger partial charge in [-0.25, -0.2) is 0 Å². The Balaban J connectivity index is 4.07. The van der Waals surface area contributed by atoms with Crippen LogP contribution in [0, 0.1) is 0 Å². The SMILES string of the molecule is CCO[Si](CC)(CCCI)OCC. The molecule has 0 heterocycles. The van der Waals surface area contributed by atoms with Crippen molar-refractivity contribution in [2.75, 3.05) is 17.6 Å². The molecule has 0 saturated carbocycles. The van der Waals surface area contributed by atoms with Crippen LogP contribution in [-0.2, 0) is 8.85 Å². The minimum atomic E-state index is -1.80. The Kier molecular flexibility index (Phi) is 8.74. The topological polar surface area (TPSA) is 18.5 Å². The largest absolute Gasteiger partial charge is 0.394 e. The summed E-state index contributed by atoms with van der Waals surface area (Å²) >= 11 is 2.41. The number of alkyl halides is 1. The molecule has 0 N–H and O–H groups in total. The summed E-state index contributed by atoms with van der Waals surface area (Å²) in [6, 6.07) is 2.22. The predicted molar refractivity (Wildman–Crippen MR) is 67.8 cm³/mol. The molecular weight excluding hydrogens is 295 g/mol. The molecular formula is C9H21IO2Si. The van der Waals surface area contributed by atoms with E-state index in [1.165, 1.54) is 10.8 Å². The molecule has 0 rings (SSSR count). The molecule has 0 aromatic heterocycles. The number of halogens is 1. The number of hydrogen-bond donors (Lipinski definition) is 0. The Bertz CT molecular complexity index is 116. The Morgan fingerprint density at radius 2 is 1.62 bits per heavy atom. The highest BCUT2D eigenvalue weighted by atomic mass is 127. The average Bonchev–Trinajstić information content (AvgIpc) is 2.15. The highest BCUT2D eigenvalue weighted by Crippen LogP contribution is 2.21. The van der Waals surface area contributed by atoms with Gasteiger partial charge >= 0.3 is 8.56 Å². The van der Waals surface area contributed by atoms with Crippen LogP contribution < -0.4 is 0 Å². The van der Waals surface area contributed by atoms with Crippen LogP contribution in [0.5, 0.6) is 0 Å². The summed E-state index contributed by atoms with van der Waals surface area (Å²) in [7, 11) is -1.80. The van der Waals surface area contributed by atoms with E-state index in [0.29, 0.717) is 0 Å². The second-order valence-corrected chi connectivity index (χ2v) is 7.61. The van der Waals surface area contributed by atoms with Gasteiger partial charge in [0.2, 0.25) is 0 Å². The average molecular weight is 316 g/mol. The van der Waals surface area contributed by atoms with Gasteiger partial charge in [0.05, 0.1) is 0 Å². The Morgan fingerprint density at radius 3 is 1.92 bits per heavy atom. The maximum atomic E-state index is 5.83. The quantitative estimate of drug-likeness (QED) is 0.388. The maximum Gasteiger partial charge on any atom is 0.337 e. The van der Waals surface area contributed by atoms with E-state index in [-0.39, 0.29) is 0 Å². The molecule has 13 heavy (non-hydrogen) atoms. The first-order valence-corrected chi connectivity index (χ1v) is 8.84. The van der Waals surface area contributed by atoms with Gasteiger partial charge in [0.25, 0.3) is 0 Å². The van der Waals surface area contributed by atoms with Crippen LogP contribution in [0.4, 0.5) is 0 Å². The lowest BCUT2D eigenvalue weighted by molar-refractivity contribution is 0.183. The van der Waals surface area contributed by atoms with E-state index in [4.69, 9.17) is 8.85 Å². The first-order valence-electron chi connectivity index (χ1n) is 5.08. The van der Waals surface area contributed by atoms with E-state index < -0.39 is 8.56 Å². The zero-order valence-corrected chi connectivity index (χ0v) is 12.1. The summed E-state index contributed by atoms with van der Waals surface area (Å²) in [6.07, 6.45) is 1.22. The molecule has 0 unspecified atom stereocenters. The molecule has 0 amide bonds. The number of rotatable bonds is 8. The van der Waals surface area contributed by atoms with Gasteiger partial charge in [0.1, 0.15) is 0 Å². The van der Waals surface area contributed by atoms with Crippen molar-refractivity contribution in [2.45, 2.75) is 39.3 Å². The molecule has 0 saturated heterocycles. The zero-order chi connectivity index (χ0) is 10.2. The van der Waals surface area contributed by atoms with Gasteiger partial charge < -0.3 is 8.85 Å². The van der Waals surface area contributed by atoms with Crippen molar-refractivity contribution in [2.24, 2.45) is 0 Å². The molecule has 0 spiro atoms. The lowest BCUT2D eigenvalue weighted by Gasteiger charge is -2.28. The van der Waals surface area contributed by atoms with Crippen molar-refractivity contribution in [3.05, 3.63) is 0 Å². The third kappa shape index (κ3) is 5.34. The van der Waals surface area contributed by atoms with Crippen LogP contribution in [0.1, 0.15) is 27.2 Å². The fourth-order valence-corrected chi connectivity index (χ4v) is 5.43. The molecule has 0 fully saturated rings. The normalized spacial score (nSPS) is 12.0. The minimum absolute atomic E-state index is 0.793. The molecule has 0 aliphatic heterocycles. The van der Waals surface area contributed by atoms with E-state index in [0.717, 1.165) is 25.3 Å². The Morgan fingerprint density at radius 1 is 1.08 bits per heavy atom. The van der Waals surface area contributed by atoms with Crippen molar-refractivity contribution >= 4 is 31.2 Å². The second kappa shape index (κ2) is 8.20. The highest BCUT2D eigenvalue weighted by molar-refractivity contribution is 14.1. The standard InChI is InChI=1S/C9H21IO2Si/c1-4-11-13(6-3,12-5-2)9-7-8-10/h4-9H2,1-3H3. The Hall–Kier alpha value is 0.867. The lowest BCUT2D eigenvalue weighted by atomic mass is 10.6.